The SMILES string of the molecule is CC(=O)NC1CCN(C2CNCC2C)C1. The van der Waals surface area contributed by atoms with Crippen molar-refractivity contribution in [3.05, 3.63) is 0 Å². The topological polar surface area (TPSA) is 44.4 Å². The second-order valence-corrected chi connectivity index (χ2v) is 4.88. The predicted octanol–water partition coefficient (Wildman–Crippen LogP) is -0.195. The molecule has 2 rings (SSSR count). The molecule has 3 atom stereocenters. The molecule has 0 aliphatic carbocycles. The molecule has 0 spiro atoms. The first-order chi connectivity index (χ1) is 7.16. The van der Waals surface area contributed by atoms with E-state index in [4.69, 9.17) is 0 Å². The molecule has 0 aromatic carbocycles. The maximum Gasteiger partial charge on any atom is 0.217 e. The fraction of sp³-hybridized carbons (Fsp3) is 0.909. The molecule has 15 heavy (non-hydrogen) atoms. The van der Waals surface area contributed by atoms with Gasteiger partial charge in [-0.25, -0.2) is 0 Å². The summed E-state index contributed by atoms with van der Waals surface area (Å²) in [5.41, 5.74) is 0. The first-order valence-corrected chi connectivity index (χ1v) is 5.88. The number of carbonyl (C=O) groups is 1. The van der Waals surface area contributed by atoms with Crippen molar-refractivity contribution in [1.82, 2.24) is 15.5 Å². The minimum atomic E-state index is 0.0967. The summed E-state index contributed by atoms with van der Waals surface area (Å²) in [7, 11) is 0. The van der Waals surface area contributed by atoms with Gasteiger partial charge in [0.25, 0.3) is 0 Å². The normalized spacial score (nSPS) is 37.1. The average Bonchev–Trinajstić information content (AvgIpc) is 2.72. The van der Waals surface area contributed by atoms with Gasteiger partial charge in [0.05, 0.1) is 0 Å². The number of hydrogen-bond donors (Lipinski definition) is 2. The molecule has 0 bridgehead atoms. The van der Waals surface area contributed by atoms with E-state index >= 15 is 0 Å². The predicted molar refractivity (Wildman–Crippen MR) is 59.6 cm³/mol. The number of amides is 1. The molecule has 4 nitrogen and oxygen atoms in total. The van der Waals surface area contributed by atoms with Crippen LogP contribution in [0.1, 0.15) is 20.3 Å². The lowest BCUT2D eigenvalue weighted by molar-refractivity contribution is -0.119. The molecule has 2 aliphatic rings. The highest BCUT2D eigenvalue weighted by atomic mass is 16.1. The third-order valence-corrected chi connectivity index (χ3v) is 3.57. The molecular weight excluding hydrogens is 190 g/mol. The van der Waals surface area contributed by atoms with Gasteiger partial charge < -0.3 is 10.6 Å². The Kier molecular flexibility index (Phi) is 3.26. The van der Waals surface area contributed by atoms with Crippen LogP contribution in [-0.2, 0) is 4.79 Å². The number of carbonyl (C=O) groups excluding carboxylic acids is 1. The van der Waals surface area contributed by atoms with Crippen LogP contribution in [0, 0.1) is 5.92 Å². The van der Waals surface area contributed by atoms with Gasteiger partial charge in [-0.15, -0.1) is 0 Å². The first-order valence-electron chi connectivity index (χ1n) is 5.88. The Labute approximate surface area is 91.4 Å². The van der Waals surface area contributed by atoms with E-state index in [1.807, 2.05) is 0 Å². The summed E-state index contributed by atoms with van der Waals surface area (Å²) in [6.45, 7) is 8.29. The highest BCUT2D eigenvalue weighted by Gasteiger charge is 2.33. The molecule has 2 N–H and O–H groups in total. The van der Waals surface area contributed by atoms with E-state index in [0.717, 1.165) is 38.5 Å². The van der Waals surface area contributed by atoms with E-state index in [1.165, 1.54) is 0 Å². The van der Waals surface area contributed by atoms with Crippen LogP contribution in [0.5, 0.6) is 0 Å². The average molecular weight is 211 g/mol. The maximum atomic E-state index is 11.0. The maximum absolute atomic E-state index is 11.0. The van der Waals surface area contributed by atoms with Crippen LogP contribution in [0.25, 0.3) is 0 Å². The zero-order valence-electron chi connectivity index (χ0n) is 9.62. The summed E-state index contributed by atoms with van der Waals surface area (Å²) < 4.78 is 0. The highest BCUT2D eigenvalue weighted by molar-refractivity contribution is 5.73. The molecule has 4 heteroatoms. The zero-order valence-corrected chi connectivity index (χ0v) is 9.62. The van der Waals surface area contributed by atoms with Gasteiger partial charge in [0, 0.05) is 38.6 Å². The minimum absolute atomic E-state index is 0.0967. The monoisotopic (exact) mass is 211 g/mol. The van der Waals surface area contributed by atoms with Crippen molar-refractivity contribution in [2.75, 3.05) is 26.2 Å². The third kappa shape index (κ3) is 2.49. The van der Waals surface area contributed by atoms with E-state index in [9.17, 15) is 4.79 Å². The molecule has 1 amide bonds. The molecule has 0 saturated carbocycles. The van der Waals surface area contributed by atoms with E-state index in [0.29, 0.717) is 12.1 Å². The van der Waals surface area contributed by atoms with Gasteiger partial charge in [0.15, 0.2) is 0 Å². The molecule has 0 aromatic heterocycles. The summed E-state index contributed by atoms with van der Waals surface area (Å²) >= 11 is 0. The van der Waals surface area contributed by atoms with Crippen molar-refractivity contribution in [3.8, 4) is 0 Å². The van der Waals surface area contributed by atoms with Gasteiger partial charge in [0.1, 0.15) is 0 Å². The third-order valence-electron chi connectivity index (χ3n) is 3.57. The number of nitrogens with zero attached hydrogens (tertiary/aromatic N) is 1. The Hall–Kier alpha value is -0.610. The lowest BCUT2D eigenvalue weighted by Crippen LogP contribution is -2.41. The molecule has 2 heterocycles. The van der Waals surface area contributed by atoms with Crippen LogP contribution < -0.4 is 10.6 Å². The molecule has 2 fully saturated rings. The molecule has 86 valence electrons. The van der Waals surface area contributed by atoms with Gasteiger partial charge in [-0.1, -0.05) is 6.92 Å². The van der Waals surface area contributed by atoms with Crippen LogP contribution >= 0.6 is 0 Å². The number of hydrogen-bond acceptors (Lipinski definition) is 3. The van der Waals surface area contributed by atoms with Crippen LogP contribution in [0.3, 0.4) is 0 Å². The Morgan fingerprint density at radius 1 is 1.47 bits per heavy atom. The van der Waals surface area contributed by atoms with Crippen molar-refractivity contribution in [1.29, 1.82) is 0 Å². The van der Waals surface area contributed by atoms with Crippen LogP contribution in [-0.4, -0.2) is 49.1 Å². The summed E-state index contributed by atoms with van der Waals surface area (Å²) in [6.07, 6.45) is 1.10. The second-order valence-electron chi connectivity index (χ2n) is 4.88. The standard InChI is InChI=1S/C11H21N3O/c1-8-5-12-6-11(8)14-4-3-10(7-14)13-9(2)15/h8,10-12H,3-7H2,1-2H3,(H,13,15). The molecule has 3 unspecified atom stereocenters. The van der Waals surface area contributed by atoms with E-state index in [2.05, 4.69) is 22.5 Å². The van der Waals surface area contributed by atoms with Crippen molar-refractivity contribution < 1.29 is 4.79 Å². The number of nitrogens with one attached hydrogen (secondary N) is 2. The fourth-order valence-electron chi connectivity index (χ4n) is 2.78. The molecule has 2 aliphatic heterocycles. The Morgan fingerprint density at radius 3 is 2.87 bits per heavy atom. The fourth-order valence-corrected chi connectivity index (χ4v) is 2.78. The Balaban J connectivity index is 1.84. The van der Waals surface area contributed by atoms with Gasteiger partial charge in [0.2, 0.25) is 5.91 Å². The first kappa shape index (κ1) is 10.9. The molecule has 0 aromatic rings. The molecule has 2 saturated heterocycles. The minimum Gasteiger partial charge on any atom is -0.352 e. The van der Waals surface area contributed by atoms with Gasteiger partial charge in [-0.05, 0) is 18.9 Å². The summed E-state index contributed by atoms with van der Waals surface area (Å²) in [5, 5.41) is 6.43. The van der Waals surface area contributed by atoms with Crippen molar-refractivity contribution >= 4 is 5.91 Å². The van der Waals surface area contributed by atoms with Gasteiger partial charge in [-0.3, -0.25) is 9.69 Å². The lowest BCUT2D eigenvalue weighted by atomic mass is 10.1. The zero-order chi connectivity index (χ0) is 10.8. The Bertz CT molecular complexity index is 244. The highest BCUT2D eigenvalue weighted by Crippen LogP contribution is 2.20. The number of likely N-dealkylation sites (tertiary alicyclic amines) is 1. The van der Waals surface area contributed by atoms with E-state index in [-0.39, 0.29) is 5.91 Å². The van der Waals surface area contributed by atoms with Crippen molar-refractivity contribution in [2.24, 2.45) is 5.92 Å². The Morgan fingerprint density at radius 2 is 2.27 bits per heavy atom. The second kappa shape index (κ2) is 4.49. The van der Waals surface area contributed by atoms with E-state index < -0.39 is 0 Å². The number of rotatable bonds is 2. The summed E-state index contributed by atoms with van der Waals surface area (Å²) in [4.78, 5) is 13.5. The quantitative estimate of drug-likeness (QED) is 0.665. The summed E-state index contributed by atoms with van der Waals surface area (Å²) in [6, 6.07) is 1.04. The largest absolute Gasteiger partial charge is 0.352 e. The van der Waals surface area contributed by atoms with Crippen LogP contribution in [0.2, 0.25) is 0 Å². The smallest absolute Gasteiger partial charge is 0.217 e. The lowest BCUT2D eigenvalue weighted by Gasteiger charge is -2.26. The van der Waals surface area contributed by atoms with Crippen LogP contribution in [0.4, 0.5) is 0 Å². The summed E-state index contributed by atoms with van der Waals surface area (Å²) in [5.74, 6) is 0.834. The van der Waals surface area contributed by atoms with Gasteiger partial charge in [-0.2, -0.15) is 0 Å². The molecule has 0 radical (unpaired) electrons. The molecular formula is C11H21N3O. The van der Waals surface area contributed by atoms with Gasteiger partial charge >= 0.3 is 0 Å². The van der Waals surface area contributed by atoms with Crippen LogP contribution in [0.15, 0.2) is 0 Å². The van der Waals surface area contributed by atoms with E-state index in [1.54, 1.807) is 6.92 Å². The van der Waals surface area contributed by atoms with Crippen molar-refractivity contribution in [3.63, 3.8) is 0 Å². The van der Waals surface area contributed by atoms with Crippen molar-refractivity contribution in [2.45, 2.75) is 32.4 Å².